The highest BCUT2D eigenvalue weighted by molar-refractivity contribution is 5.23. The van der Waals surface area contributed by atoms with Crippen molar-refractivity contribution in [2.24, 2.45) is 0 Å². The molecule has 0 saturated carbocycles. The summed E-state index contributed by atoms with van der Waals surface area (Å²) >= 11 is 0. The van der Waals surface area contributed by atoms with E-state index in [0.29, 0.717) is 18.8 Å². The molecular formula is C9H14F3N3O. The van der Waals surface area contributed by atoms with Crippen molar-refractivity contribution in [3.05, 3.63) is 12.3 Å². The van der Waals surface area contributed by atoms with E-state index >= 15 is 0 Å². The number of anilines is 1. The molecule has 1 aromatic heterocycles. The van der Waals surface area contributed by atoms with Crippen LogP contribution in [-0.4, -0.2) is 29.2 Å². The highest BCUT2D eigenvalue weighted by Crippen LogP contribution is 2.18. The average Bonchev–Trinajstić information content (AvgIpc) is 2.56. The average molecular weight is 237 g/mol. The van der Waals surface area contributed by atoms with Gasteiger partial charge in [0.2, 0.25) is 0 Å². The van der Waals surface area contributed by atoms with Crippen LogP contribution in [0.1, 0.15) is 12.8 Å². The highest BCUT2D eigenvalue weighted by Gasteiger charge is 2.26. The van der Waals surface area contributed by atoms with Crippen molar-refractivity contribution in [1.29, 1.82) is 0 Å². The molecule has 0 aliphatic rings. The fraction of sp³-hybridized carbons (Fsp3) is 0.667. The van der Waals surface area contributed by atoms with Crippen molar-refractivity contribution in [2.45, 2.75) is 25.6 Å². The Labute approximate surface area is 91.2 Å². The number of nitrogen functional groups attached to an aromatic ring is 1. The number of aryl methyl sites for hydroxylation is 1. The maximum absolute atomic E-state index is 11.7. The molecular weight excluding hydrogens is 223 g/mol. The van der Waals surface area contributed by atoms with Crippen LogP contribution in [0.3, 0.4) is 0 Å². The maximum Gasteiger partial charge on any atom is 0.391 e. The van der Waals surface area contributed by atoms with Gasteiger partial charge in [-0.1, -0.05) is 0 Å². The van der Waals surface area contributed by atoms with Crippen LogP contribution in [0, 0.1) is 0 Å². The molecule has 2 N–H and O–H groups in total. The standard InChI is InChI=1S/C9H14F3N3O/c10-9(11,12)3-7-16-6-1-4-15-5-2-8(13)14-15/h2,5H,1,3-4,6-7H2,(H2,13,14). The number of halogens is 3. The summed E-state index contributed by atoms with van der Waals surface area (Å²) < 4.78 is 41.6. The lowest BCUT2D eigenvalue weighted by Crippen LogP contribution is -2.12. The van der Waals surface area contributed by atoms with E-state index < -0.39 is 12.6 Å². The van der Waals surface area contributed by atoms with Gasteiger partial charge in [-0.3, -0.25) is 4.68 Å². The summed E-state index contributed by atoms with van der Waals surface area (Å²) in [4.78, 5) is 0. The maximum atomic E-state index is 11.7. The summed E-state index contributed by atoms with van der Waals surface area (Å²) in [5, 5.41) is 3.93. The van der Waals surface area contributed by atoms with Crippen LogP contribution in [0.2, 0.25) is 0 Å². The Bertz CT molecular complexity index is 311. The fourth-order valence-electron chi connectivity index (χ4n) is 1.12. The minimum absolute atomic E-state index is 0.287. The molecule has 0 unspecified atom stereocenters. The number of nitrogens with zero attached hydrogens (tertiary/aromatic N) is 2. The Kier molecular flexibility index (Phi) is 4.60. The van der Waals surface area contributed by atoms with Gasteiger partial charge in [-0.15, -0.1) is 0 Å². The van der Waals surface area contributed by atoms with Crippen LogP contribution in [0.25, 0.3) is 0 Å². The molecule has 16 heavy (non-hydrogen) atoms. The molecule has 1 rings (SSSR count). The molecule has 1 heterocycles. The summed E-state index contributed by atoms with van der Waals surface area (Å²) in [5.41, 5.74) is 5.39. The lowest BCUT2D eigenvalue weighted by molar-refractivity contribution is -0.145. The van der Waals surface area contributed by atoms with E-state index in [4.69, 9.17) is 10.5 Å². The molecule has 4 nitrogen and oxygen atoms in total. The van der Waals surface area contributed by atoms with Gasteiger partial charge in [0.1, 0.15) is 5.82 Å². The number of aromatic nitrogens is 2. The van der Waals surface area contributed by atoms with Gasteiger partial charge in [0.05, 0.1) is 13.0 Å². The fourth-order valence-corrected chi connectivity index (χ4v) is 1.12. The Hall–Kier alpha value is -1.24. The minimum atomic E-state index is -4.14. The molecule has 0 radical (unpaired) electrons. The summed E-state index contributed by atoms with van der Waals surface area (Å²) in [6.45, 7) is 0.587. The summed E-state index contributed by atoms with van der Waals surface area (Å²) in [6.07, 6.45) is -2.72. The molecule has 7 heteroatoms. The van der Waals surface area contributed by atoms with Gasteiger partial charge < -0.3 is 10.5 Å². The second-order valence-corrected chi connectivity index (χ2v) is 3.33. The van der Waals surface area contributed by atoms with Crippen LogP contribution >= 0.6 is 0 Å². The third-order valence-corrected chi connectivity index (χ3v) is 1.87. The van der Waals surface area contributed by atoms with Crippen molar-refractivity contribution in [2.75, 3.05) is 18.9 Å². The van der Waals surface area contributed by atoms with Crippen LogP contribution in [0.15, 0.2) is 12.3 Å². The van der Waals surface area contributed by atoms with E-state index in [1.54, 1.807) is 16.9 Å². The van der Waals surface area contributed by atoms with Crippen LogP contribution < -0.4 is 5.73 Å². The first-order valence-electron chi connectivity index (χ1n) is 4.91. The zero-order valence-corrected chi connectivity index (χ0v) is 8.70. The third kappa shape index (κ3) is 5.59. The monoisotopic (exact) mass is 237 g/mol. The van der Waals surface area contributed by atoms with Crippen molar-refractivity contribution in [3.8, 4) is 0 Å². The first kappa shape index (κ1) is 12.8. The van der Waals surface area contributed by atoms with Gasteiger partial charge in [-0.05, 0) is 12.5 Å². The largest absolute Gasteiger partial charge is 0.391 e. The predicted octanol–water partition coefficient (Wildman–Crippen LogP) is 1.82. The zero-order valence-electron chi connectivity index (χ0n) is 8.70. The third-order valence-electron chi connectivity index (χ3n) is 1.87. The van der Waals surface area contributed by atoms with E-state index in [0.717, 1.165) is 0 Å². The lowest BCUT2D eigenvalue weighted by atomic mass is 10.4. The molecule has 0 atom stereocenters. The Balaban J connectivity index is 2.00. The van der Waals surface area contributed by atoms with E-state index in [9.17, 15) is 13.2 Å². The predicted molar refractivity (Wildman–Crippen MR) is 52.7 cm³/mol. The van der Waals surface area contributed by atoms with Gasteiger partial charge in [0.25, 0.3) is 0 Å². The van der Waals surface area contributed by atoms with Crippen LogP contribution in [-0.2, 0) is 11.3 Å². The van der Waals surface area contributed by atoms with Gasteiger partial charge in [-0.2, -0.15) is 18.3 Å². The number of ether oxygens (including phenoxy) is 1. The molecule has 0 saturated heterocycles. The van der Waals surface area contributed by atoms with Crippen molar-refractivity contribution in [3.63, 3.8) is 0 Å². The molecule has 0 amide bonds. The topological polar surface area (TPSA) is 53.1 Å². The van der Waals surface area contributed by atoms with Crippen LogP contribution in [0.5, 0.6) is 0 Å². The minimum Gasteiger partial charge on any atom is -0.382 e. The number of hydrogen-bond acceptors (Lipinski definition) is 3. The quantitative estimate of drug-likeness (QED) is 0.768. The molecule has 0 fully saturated rings. The summed E-state index contributed by atoms with van der Waals surface area (Å²) in [6, 6.07) is 1.66. The number of nitrogens with two attached hydrogens (primary N) is 1. The van der Waals surface area contributed by atoms with Crippen LogP contribution in [0.4, 0.5) is 19.0 Å². The van der Waals surface area contributed by atoms with Gasteiger partial charge in [0.15, 0.2) is 0 Å². The molecule has 1 aromatic rings. The summed E-state index contributed by atoms with van der Waals surface area (Å²) in [5.74, 6) is 0.429. The smallest absolute Gasteiger partial charge is 0.382 e. The molecule has 92 valence electrons. The molecule has 0 spiro atoms. The highest BCUT2D eigenvalue weighted by atomic mass is 19.4. The number of alkyl halides is 3. The lowest BCUT2D eigenvalue weighted by Gasteiger charge is -2.07. The molecule has 0 aliphatic heterocycles. The molecule has 0 bridgehead atoms. The van der Waals surface area contributed by atoms with E-state index in [1.165, 1.54) is 0 Å². The normalized spacial score (nSPS) is 11.9. The Morgan fingerprint density at radius 1 is 1.38 bits per heavy atom. The summed E-state index contributed by atoms with van der Waals surface area (Å²) in [7, 11) is 0. The number of hydrogen-bond donors (Lipinski definition) is 1. The van der Waals surface area contributed by atoms with E-state index in [2.05, 4.69) is 5.10 Å². The van der Waals surface area contributed by atoms with E-state index in [-0.39, 0.29) is 13.2 Å². The first-order chi connectivity index (χ1) is 7.47. The molecule has 0 aliphatic carbocycles. The van der Waals surface area contributed by atoms with Gasteiger partial charge >= 0.3 is 6.18 Å². The van der Waals surface area contributed by atoms with Gasteiger partial charge in [-0.25, -0.2) is 0 Å². The van der Waals surface area contributed by atoms with Crippen molar-refractivity contribution >= 4 is 5.82 Å². The first-order valence-corrected chi connectivity index (χ1v) is 4.91. The van der Waals surface area contributed by atoms with Gasteiger partial charge in [0, 0.05) is 19.3 Å². The second kappa shape index (κ2) is 5.74. The van der Waals surface area contributed by atoms with Crippen molar-refractivity contribution in [1.82, 2.24) is 9.78 Å². The SMILES string of the molecule is Nc1ccn(CCCOCCC(F)(F)F)n1. The Morgan fingerprint density at radius 3 is 2.69 bits per heavy atom. The zero-order chi connectivity index (χ0) is 12.0. The second-order valence-electron chi connectivity index (χ2n) is 3.33. The Morgan fingerprint density at radius 2 is 2.12 bits per heavy atom. The molecule has 0 aromatic carbocycles. The number of rotatable bonds is 6. The van der Waals surface area contributed by atoms with E-state index in [1.807, 2.05) is 0 Å². The van der Waals surface area contributed by atoms with Crippen molar-refractivity contribution < 1.29 is 17.9 Å².